The smallest absolute Gasteiger partial charge is 0.306 e. The lowest BCUT2D eigenvalue weighted by molar-refractivity contribution is -0.141. The Morgan fingerprint density at radius 3 is 2.65 bits per heavy atom. The van der Waals surface area contributed by atoms with E-state index in [4.69, 9.17) is 5.11 Å². The van der Waals surface area contributed by atoms with Crippen molar-refractivity contribution in [1.29, 1.82) is 0 Å². The molecule has 0 radical (unpaired) electrons. The van der Waals surface area contributed by atoms with Crippen molar-refractivity contribution in [2.24, 2.45) is 5.92 Å². The number of amides is 1. The van der Waals surface area contributed by atoms with Crippen LogP contribution in [-0.4, -0.2) is 61.2 Å². The molecular weight excluding hydrogens is 222 g/mol. The van der Waals surface area contributed by atoms with Crippen LogP contribution in [-0.2, 0) is 9.59 Å². The van der Waals surface area contributed by atoms with Gasteiger partial charge in [-0.15, -0.1) is 0 Å². The number of hydrogen-bond donors (Lipinski definition) is 3. The quantitative estimate of drug-likeness (QED) is 0.564. The van der Waals surface area contributed by atoms with Crippen molar-refractivity contribution in [2.45, 2.75) is 13.3 Å². The van der Waals surface area contributed by atoms with Crippen LogP contribution in [0.2, 0.25) is 0 Å². The number of piperazine rings is 1. The fourth-order valence-corrected chi connectivity index (χ4v) is 1.68. The number of nitrogens with one attached hydrogen (secondary N) is 2. The molecule has 1 saturated heterocycles. The van der Waals surface area contributed by atoms with Crippen LogP contribution >= 0.6 is 0 Å². The molecule has 6 nitrogen and oxygen atoms in total. The molecule has 1 aliphatic heterocycles. The molecule has 0 aliphatic carbocycles. The van der Waals surface area contributed by atoms with Gasteiger partial charge in [-0.05, 0) is 6.42 Å². The van der Waals surface area contributed by atoms with E-state index >= 15 is 0 Å². The lowest BCUT2D eigenvalue weighted by atomic mass is 10.1. The van der Waals surface area contributed by atoms with Crippen molar-refractivity contribution in [1.82, 2.24) is 15.5 Å². The highest BCUT2D eigenvalue weighted by molar-refractivity contribution is 5.78. The molecule has 0 bridgehead atoms. The van der Waals surface area contributed by atoms with Gasteiger partial charge in [0.05, 0.1) is 12.5 Å². The Balaban J connectivity index is 2.10. The Labute approximate surface area is 101 Å². The number of carboxylic acids is 1. The minimum Gasteiger partial charge on any atom is -0.481 e. The summed E-state index contributed by atoms with van der Waals surface area (Å²) in [5.41, 5.74) is 0. The zero-order valence-corrected chi connectivity index (χ0v) is 10.2. The highest BCUT2D eigenvalue weighted by Crippen LogP contribution is 1.99. The zero-order valence-electron chi connectivity index (χ0n) is 10.2. The summed E-state index contributed by atoms with van der Waals surface area (Å²) in [4.78, 5) is 24.2. The zero-order chi connectivity index (χ0) is 12.7. The Morgan fingerprint density at radius 1 is 1.41 bits per heavy atom. The van der Waals surface area contributed by atoms with Gasteiger partial charge in [-0.2, -0.15) is 0 Å². The first kappa shape index (κ1) is 13.9. The monoisotopic (exact) mass is 243 g/mol. The Morgan fingerprint density at radius 2 is 2.06 bits per heavy atom. The molecule has 0 aromatic rings. The number of aliphatic carboxylic acids is 1. The number of carbonyl (C=O) groups excluding carboxylic acids is 1. The Hall–Kier alpha value is -1.14. The molecule has 3 N–H and O–H groups in total. The maximum Gasteiger partial charge on any atom is 0.306 e. The van der Waals surface area contributed by atoms with E-state index in [-0.39, 0.29) is 5.91 Å². The Bertz CT molecular complexity index is 265. The summed E-state index contributed by atoms with van der Waals surface area (Å²) in [5.74, 6) is -1.25. The van der Waals surface area contributed by atoms with Gasteiger partial charge in [-0.1, -0.05) is 6.92 Å². The summed E-state index contributed by atoms with van der Waals surface area (Å²) >= 11 is 0. The normalized spacial score (nSPS) is 18.6. The van der Waals surface area contributed by atoms with Crippen LogP contribution < -0.4 is 10.6 Å². The molecule has 17 heavy (non-hydrogen) atoms. The average Bonchev–Trinajstić information content (AvgIpc) is 2.30. The predicted octanol–water partition coefficient (Wildman–Crippen LogP) is -0.881. The van der Waals surface area contributed by atoms with Gasteiger partial charge in [0.1, 0.15) is 0 Å². The standard InChI is InChI=1S/C11H21N3O3/c1-9(11(16)17)2-3-13-10(15)8-14-6-4-12-5-7-14/h9,12H,2-8H2,1H3,(H,13,15)(H,16,17). The van der Waals surface area contributed by atoms with Crippen LogP contribution in [0.1, 0.15) is 13.3 Å². The van der Waals surface area contributed by atoms with Crippen molar-refractivity contribution in [3.8, 4) is 0 Å². The van der Waals surface area contributed by atoms with Gasteiger partial charge in [0.15, 0.2) is 0 Å². The summed E-state index contributed by atoms with van der Waals surface area (Å²) in [7, 11) is 0. The molecular formula is C11H21N3O3. The van der Waals surface area contributed by atoms with Crippen molar-refractivity contribution in [3.63, 3.8) is 0 Å². The third-order valence-electron chi connectivity index (χ3n) is 2.90. The molecule has 0 aromatic heterocycles. The molecule has 98 valence electrons. The second-order valence-electron chi connectivity index (χ2n) is 4.40. The van der Waals surface area contributed by atoms with E-state index in [0.717, 1.165) is 26.2 Å². The molecule has 0 saturated carbocycles. The minimum atomic E-state index is -0.818. The van der Waals surface area contributed by atoms with Crippen molar-refractivity contribution < 1.29 is 14.7 Å². The predicted molar refractivity (Wildman–Crippen MR) is 63.7 cm³/mol. The molecule has 1 aliphatic rings. The van der Waals surface area contributed by atoms with E-state index in [0.29, 0.717) is 19.5 Å². The molecule has 1 rings (SSSR count). The summed E-state index contributed by atoms with van der Waals surface area (Å²) < 4.78 is 0. The van der Waals surface area contributed by atoms with Gasteiger partial charge in [0.2, 0.25) is 5.91 Å². The van der Waals surface area contributed by atoms with Crippen LogP contribution in [0.4, 0.5) is 0 Å². The number of carboxylic acid groups (broad SMARTS) is 1. The minimum absolute atomic E-state index is 0.0236. The number of hydrogen-bond acceptors (Lipinski definition) is 4. The molecule has 0 spiro atoms. The van der Waals surface area contributed by atoms with Crippen LogP contribution in [0.25, 0.3) is 0 Å². The third kappa shape index (κ3) is 5.65. The Kier molecular flexibility index (Phi) is 5.93. The second kappa shape index (κ2) is 7.24. The van der Waals surface area contributed by atoms with Gasteiger partial charge in [-0.3, -0.25) is 14.5 Å². The number of nitrogens with zero attached hydrogens (tertiary/aromatic N) is 1. The van der Waals surface area contributed by atoms with Crippen LogP contribution in [0.3, 0.4) is 0 Å². The maximum atomic E-state index is 11.5. The first-order chi connectivity index (χ1) is 8.09. The van der Waals surface area contributed by atoms with Crippen molar-refractivity contribution >= 4 is 11.9 Å². The molecule has 1 unspecified atom stereocenters. The van der Waals surface area contributed by atoms with E-state index < -0.39 is 11.9 Å². The van der Waals surface area contributed by atoms with Crippen LogP contribution in [0, 0.1) is 5.92 Å². The van der Waals surface area contributed by atoms with Crippen LogP contribution in [0.15, 0.2) is 0 Å². The molecule has 0 aromatic carbocycles. The van der Waals surface area contributed by atoms with E-state index in [1.165, 1.54) is 0 Å². The molecule has 1 heterocycles. The van der Waals surface area contributed by atoms with E-state index in [2.05, 4.69) is 15.5 Å². The highest BCUT2D eigenvalue weighted by atomic mass is 16.4. The van der Waals surface area contributed by atoms with Gasteiger partial charge < -0.3 is 15.7 Å². The summed E-state index contributed by atoms with van der Waals surface area (Å²) in [5, 5.41) is 14.7. The lowest BCUT2D eigenvalue weighted by Crippen LogP contribution is -2.47. The third-order valence-corrected chi connectivity index (χ3v) is 2.90. The first-order valence-electron chi connectivity index (χ1n) is 6.02. The largest absolute Gasteiger partial charge is 0.481 e. The van der Waals surface area contributed by atoms with Gasteiger partial charge in [-0.25, -0.2) is 0 Å². The highest BCUT2D eigenvalue weighted by Gasteiger charge is 2.14. The lowest BCUT2D eigenvalue weighted by Gasteiger charge is -2.26. The maximum absolute atomic E-state index is 11.5. The molecule has 1 amide bonds. The van der Waals surface area contributed by atoms with Crippen molar-refractivity contribution in [2.75, 3.05) is 39.3 Å². The van der Waals surface area contributed by atoms with Crippen LogP contribution in [0.5, 0.6) is 0 Å². The van der Waals surface area contributed by atoms with E-state index in [9.17, 15) is 9.59 Å². The van der Waals surface area contributed by atoms with Gasteiger partial charge in [0.25, 0.3) is 0 Å². The van der Waals surface area contributed by atoms with E-state index in [1.54, 1.807) is 6.92 Å². The summed E-state index contributed by atoms with van der Waals surface area (Å²) in [6, 6.07) is 0. The number of carbonyl (C=O) groups is 2. The topological polar surface area (TPSA) is 81.7 Å². The molecule has 1 atom stereocenters. The van der Waals surface area contributed by atoms with E-state index in [1.807, 2.05) is 0 Å². The SMILES string of the molecule is CC(CCNC(=O)CN1CCNCC1)C(=O)O. The van der Waals surface area contributed by atoms with Crippen molar-refractivity contribution in [3.05, 3.63) is 0 Å². The summed E-state index contributed by atoms with van der Waals surface area (Å²) in [6.07, 6.45) is 0.475. The molecule has 6 heteroatoms. The van der Waals surface area contributed by atoms with Gasteiger partial charge in [0, 0.05) is 32.7 Å². The fraction of sp³-hybridized carbons (Fsp3) is 0.818. The summed E-state index contributed by atoms with van der Waals surface area (Å²) in [6.45, 7) is 6.09. The second-order valence-corrected chi connectivity index (χ2v) is 4.40. The number of rotatable bonds is 6. The van der Waals surface area contributed by atoms with Gasteiger partial charge >= 0.3 is 5.97 Å². The molecule has 1 fully saturated rings. The first-order valence-corrected chi connectivity index (χ1v) is 6.02. The fourth-order valence-electron chi connectivity index (χ4n) is 1.68. The average molecular weight is 243 g/mol.